The van der Waals surface area contributed by atoms with E-state index in [-0.39, 0.29) is 5.88 Å². The Bertz CT molecular complexity index is 84.1. The molecule has 0 heterocycles. The van der Waals surface area contributed by atoms with Crippen molar-refractivity contribution in [2.45, 2.75) is 6.42 Å². The molecule has 0 aromatic carbocycles. The van der Waals surface area contributed by atoms with E-state index in [0.717, 1.165) is 0 Å². The molecule has 0 amide bonds. The average Bonchev–Trinajstić information content (AvgIpc) is 1.83. The van der Waals surface area contributed by atoms with Crippen LogP contribution in [0.1, 0.15) is 6.42 Å². The molecule has 2 nitrogen and oxygen atoms in total. The minimum atomic E-state index is 0.253. The Morgan fingerprint density at radius 2 is 2.12 bits per heavy atom. The van der Waals surface area contributed by atoms with Gasteiger partial charge < -0.3 is 5.21 Å². The standard InChI is InChI=1S/C4H7Cl2NO/c5-2-1-4(3-6)7-8/h8H,1-3H2/b7-4+. The van der Waals surface area contributed by atoms with Gasteiger partial charge in [0.05, 0.1) is 11.6 Å². The quantitative estimate of drug-likeness (QED) is 0.286. The van der Waals surface area contributed by atoms with Gasteiger partial charge in [-0.1, -0.05) is 5.16 Å². The third-order valence-corrected chi connectivity index (χ3v) is 1.18. The third-order valence-electron chi connectivity index (χ3n) is 0.679. The Morgan fingerprint density at radius 1 is 1.50 bits per heavy atom. The van der Waals surface area contributed by atoms with E-state index in [1.54, 1.807) is 0 Å². The van der Waals surface area contributed by atoms with Crippen molar-refractivity contribution in [1.82, 2.24) is 0 Å². The largest absolute Gasteiger partial charge is 0.411 e. The maximum absolute atomic E-state index is 8.10. The molecule has 0 fully saturated rings. The second-order valence-corrected chi connectivity index (χ2v) is 1.88. The van der Waals surface area contributed by atoms with Gasteiger partial charge in [0.1, 0.15) is 0 Å². The van der Waals surface area contributed by atoms with Crippen LogP contribution >= 0.6 is 23.2 Å². The van der Waals surface area contributed by atoms with Gasteiger partial charge in [0, 0.05) is 12.3 Å². The van der Waals surface area contributed by atoms with Crippen molar-refractivity contribution in [2.24, 2.45) is 5.16 Å². The summed E-state index contributed by atoms with van der Waals surface area (Å²) in [7, 11) is 0. The SMILES string of the molecule is O/N=C(/CCl)CCCl. The van der Waals surface area contributed by atoms with Crippen LogP contribution in [-0.4, -0.2) is 22.7 Å². The molecule has 0 aliphatic carbocycles. The number of rotatable bonds is 3. The monoisotopic (exact) mass is 155 g/mol. The molecule has 0 rings (SSSR count). The van der Waals surface area contributed by atoms with Crippen LogP contribution < -0.4 is 0 Å². The van der Waals surface area contributed by atoms with Crippen LogP contribution in [-0.2, 0) is 0 Å². The minimum absolute atomic E-state index is 0.253. The first kappa shape index (κ1) is 8.05. The summed E-state index contributed by atoms with van der Waals surface area (Å²) < 4.78 is 0. The van der Waals surface area contributed by atoms with Crippen molar-refractivity contribution >= 4 is 28.9 Å². The number of halogens is 2. The van der Waals surface area contributed by atoms with Gasteiger partial charge in [-0.15, -0.1) is 23.2 Å². The second kappa shape index (κ2) is 5.19. The van der Waals surface area contributed by atoms with Gasteiger partial charge in [-0.3, -0.25) is 0 Å². The zero-order valence-electron chi connectivity index (χ0n) is 4.27. The minimum Gasteiger partial charge on any atom is -0.411 e. The summed E-state index contributed by atoms with van der Waals surface area (Å²) in [5.41, 5.74) is 0.529. The first-order valence-electron chi connectivity index (χ1n) is 2.17. The molecule has 0 unspecified atom stereocenters. The maximum atomic E-state index is 8.10. The Morgan fingerprint density at radius 3 is 2.25 bits per heavy atom. The molecule has 1 N–H and O–H groups in total. The highest BCUT2D eigenvalue weighted by molar-refractivity contribution is 6.29. The molecular weight excluding hydrogens is 149 g/mol. The lowest BCUT2D eigenvalue weighted by atomic mass is 10.3. The van der Waals surface area contributed by atoms with Crippen LogP contribution in [0.15, 0.2) is 5.16 Å². The summed E-state index contributed by atoms with van der Waals surface area (Å²) in [5, 5.41) is 11.0. The van der Waals surface area contributed by atoms with Crippen molar-refractivity contribution in [3.63, 3.8) is 0 Å². The fourth-order valence-electron chi connectivity index (χ4n) is 0.253. The Labute approximate surface area is 58.1 Å². The Balaban J connectivity index is 3.38. The Kier molecular flexibility index (Phi) is 5.22. The van der Waals surface area contributed by atoms with Gasteiger partial charge in [-0.05, 0) is 0 Å². The van der Waals surface area contributed by atoms with E-state index in [0.29, 0.717) is 18.0 Å². The van der Waals surface area contributed by atoms with E-state index >= 15 is 0 Å². The molecule has 48 valence electrons. The van der Waals surface area contributed by atoms with Gasteiger partial charge in [-0.25, -0.2) is 0 Å². The molecule has 4 heteroatoms. The van der Waals surface area contributed by atoms with E-state index in [1.807, 2.05) is 0 Å². The van der Waals surface area contributed by atoms with Crippen molar-refractivity contribution in [3.05, 3.63) is 0 Å². The predicted octanol–water partition coefficient (Wildman–Crippen LogP) is 1.68. The van der Waals surface area contributed by atoms with Crippen LogP contribution in [0.25, 0.3) is 0 Å². The number of hydrogen-bond donors (Lipinski definition) is 1. The van der Waals surface area contributed by atoms with Crippen LogP contribution in [0.2, 0.25) is 0 Å². The summed E-state index contributed by atoms with van der Waals surface area (Å²) in [6, 6.07) is 0. The van der Waals surface area contributed by atoms with Crippen molar-refractivity contribution in [2.75, 3.05) is 11.8 Å². The van der Waals surface area contributed by atoms with Crippen LogP contribution in [0.5, 0.6) is 0 Å². The molecule has 0 radical (unpaired) electrons. The normalized spacial score (nSPS) is 12.0. The van der Waals surface area contributed by atoms with E-state index in [4.69, 9.17) is 28.4 Å². The van der Waals surface area contributed by atoms with Gasteiger partial charge >= 0.3 is 0 Å². The molecule has 0 aliphatic rings. The molecular formula is C4H7Cl2NO. The number of alkyl halides is 2. The van der Waals surface area contributed by atoms with Crippen molar-refractivity contribution in [1.29, 1.82) is 0 Å². The molecule has 0 bridgehead atoms. The van der Waals surface area contributed by atoms with Crippen LogP contribution in [0.4, 0.5) is 0 Å². The van der Waals surface area contributed by atoms with E-state index in [1.165, 1.54) is 0 Å². The zero-order chi connectivity index (χ0) is 6.41. The molecule has 0 atom stereocenters. The van der Waals surface area contributed by atoms with Gasteiger partial charge in [0.2, 0.25) is 0 Å². The molecule has 0 saturated heterocycles. The van der Waals surface area contributed by atoms with Crippen molar-refractivity contribution < 1.29 is 5.21 Å². The zero-order valence-corrected chi connectivity index (χ0v) is 5.78. The summed E-state index contributed by atoms with van der Waals surface area (Å²) in [5.74, 6) is 0.704. The summed E-state index contributed by atoms with van der Waals surface area (Å²) in [6.07, 6.45) is 0.557. The van der Waals surface area contributed by atoms with Gasteiger partial charge in [-0.2, -0.15) is 0 Å². The molecule has 0 spiro atoms. The average molecular weight is 156 g/mol. The van der Waals surface area contributed by atoms with E-state index in [2.05, 4.69) is 5.16 Å². The maximum Gasteiger partial charge on any atom is 0.0729 e. The van der Waals surface area contributed by atoms with E-state index in [9.17, 15) is 0 Å². The summed E-state index contributed by atoms with van der Waals surface area (Å²) in [4.78, 5) is 0. The molecule has 0 aliphatic heterocycles. The highest BCUT2D eigenvalue weighted by atomic mass is 35.5. The molecule has 0 aromatic heterocycles. The summed E-state index contributed by atoms with van der Waals surface area (Å²) in [6.45, 7) is 0. The van der Waals surface area contributed by atoms with Gasteiger partial charge in [0.15, 0.2) is 0 Å². The molecule has 8 heavy (non-hydrogen) atoms. The fourth-order valence-corrected chi connectivity index (χ4v) is 0.658. The van der Waals surface area contributed by atoms with E-state index < -0.39 is 0 Å². The third kappa shape index (κ3) is 3.10. The molecule has 0 aromatic rings. The van der Waals surface area contributed by atoms with Crippen LogP contribution in [0.3, 0.4) is 0 Å². The van der Waals surface area contributed by atoms with Crippen molar-refractivity contribution in [3.8, 4) is 0 Å². The highest BCUT2D eigenvalue weighted by Crippen LogP contribution is 1.91. The smallest absolute Gasteiger partial charge is 0.0729 e. The lowest BCUT2D eigenvalue weighted by molar-refractivity contribution is 0.317. The lowest BCUT2D eigenvalue weighted by Crippen LogP contribution is -1.99. The predicted molar refractivity (Wildman–Crippen MR) is 35.3 cm³/mol. The summed E-state index contributed by atoms with van der Waals surface area (Å²) >= 11 is 10.6. The Hall–Kier alpha value is 0.0500. The highest BCUT2D eigenvalue weighted by Gasteiger charge is 1.93. The van der Waals surface area contributed by atoms with Crippen LogP contribution in [0, 0.1) is 0 Å². The molecule has 0 saturated carbocycles. The fraction of sp³-hybridized carbons (Fsp3) is 0.750. The van der Waals surface area contributed by atoms with Gasteiger partial charge in [0.25, 0.3) is 0 Å². The number of oxime groups is 1. The second-order valence-electron chi connectivity index (χ2n) is 1.24. The first-order valence-corrected chi connectivity index (χ1v) is 3.23. The number of hydrogen-bond acceptors (Lipinski definition) is 2. The topological polar surface area (TPSA) is 32.6 Å². The lowest BCUT2D eigenvalue weighted by Gasteiger charge is -1.91. The first-order chi connectivity index (χ1) is 3.85. The number of nitrogens with zero attached hydrogens (tertiary/aromatic N) is 1.